The lowest BCUT2D eigenvalue weighted by atomic mass is 9.93. The van der Waals surface area contributed by atoms with Crippen LogP contribution in [0.3, 0.4) is 0 Å². The van der Waals surface area contributed by atoms with E-state index in [2.05, 4.69) is 10.6 Å². The zero-order chi connectivity index (χ0) is 23.2. The quantitative estimate of drug-likeness (QED) is 0.478. The average Bonchev–Trinajstić information content (AvgIpc) is 2.96. The van der Waals surface area contributed by atoms with Crippen molar-refractivity contribution >= 4 is 40.4 Å². The molecular formula is C26H21N3O4. The third-order valence-corrected chi connectivity index (χ3v) is 5.91. The van der Waals surface area contributed by atoms with Crippen LogP contribution in [-0.4, -0.2) is 30.4 Å². The number of anilines is 3. The van der Waals surface area contributed by atoms with Gasteiger partial charge in [0.1, 0.15) is 0 Å². The van der Waals surface area contributed by atoms with E-state index in [0.717, 1.165) is 5.56 Å². The minimum atomic E-state index is -1.90. The van der Waals surface area contributed by atoms with Gasteiger partial charge in [0.25, 0.3) is 11.4 Å². The highest BCUT2D eigenvalue weighted by atomic mass is 16.5. The molecular weight excluding hydrogens is 418 g/mol. The number of esters is 1. The van der Waals surface area contributed by atoms with Crippen molar-refractivity contribution in [3.8, 4) is 0 Å². The van der Waals surface area contributed by atoms with E-state index < -0.39 is 23.3 Å². The highest BCUT2D eigenvalue weighted by Crippen LogP contribution is 2.46. The molecule has 0 aliphatic carbocycles. The average molecular weight is 439 g/mol. The first kappa shape index (κ1) is 20.5. The van der Waals surface area contributed by atoms with Crippen molar-refractivity contribution in [3.05, 3.63) is 95.6 Å². The summed E-state index contributed by atoms with van der Waals surface area (Å²) in [7, 11) is 1.24. The van der Waals surface area contributed by atoms with Crippen LogP contribution < -0.4 is 15.5 Å². The van der Waals surface area contributed by atoms with Gasteiger partial charge < -0.3 is 15.4 Å². The second-order valence-electron chi connectivity index (χ2n) is 7.92. The SMILES string of the molecule is COC(=O)[C@@]12Nc3ccccc3NC(c3ccccc3)=C1C(=O)C(=O)N2c1ccc(C)cc1. The van der Waals surface area contributed by atoms with Gasteiger partial charge in [0, 0.05) is 5.69 Å². The molecule has 2 aliphatic heterocycles. The summed E-state index contributed by atoms with van der Waals surface area (Å²) in [6.45, 7) is 1.92. The van der Waals surface area contributed by atoms with Gasteiger partial charge in [-0.25, -0.2) is 4.79 Å². The van der Waals surface area contributed by atoms with Crippen molar-refractivity contribution in [1.29, 1.82) is 0 Å². The second kappa shape index (κ2) is 7.63. The smallest absolute Gasteiger partial charge is 0.358 e. The van der Waals surface area contributed by atoms with Crippen LogP contribution in [0.1, 0.15) is 11.1 Å². The van der Waals surface area contributed by atoms with Crippen LogP contribution in [0.4, 0.5) is 17.1 Å². The maximum Gasteiger partial charge on any atom is 0.358 e. The molecule has 1 fully saturated rings. The number of hydrogen-bond donors (Lipinski definition) is 2. The summed E-state index contributed by atoms with van der Waals surface area (Å²) in [5.41, 5.74) is 1.70. The number of methoxy groups -OCH3 is 1. The standard InChI is InChI=1S/C26H21N3O4/c1-16-12-14-18(15-13-16)29-24(31)23(30)21-22(17-8-4-3-5-9-17)27-19-10-6-7-11-20(19)28-26(21,29)25(32)33-2/h3-15,27-28H,1-2H3/t26-/m1/s1. The first-order valence-electron chi connectivity index (χ1n) is 10.5. The van der Waals surface area contributed by atoms with Gasteiger partial charge >= 0.3 is 11.9 Å². The Balaban J connectivity index is 1.88. The number of ketones is 1. The molecule has 3 aromatic rings. The molecule has 3 aromatic carbocycles. The summed E-state index contributed by atoms with van der Waals surface area (Å²) in [5.74, 6) is -2.38. The Morgan fingerprint density at radius 3 is 2.18 bits per heavy atom. The van der Waals surface area contributed by atoms with E-state index in [-0.39, 0.29) is 5.57 Å². The van der Waals surface area contributed by atoms with Gasteiger partial charge in [-0.3, -0.25) is 14.5 Å². The maximum absolute atomic E-state index is 13.6. The van der Waals surface area contributed by atoms with Crippen molar-refractivity contribution in [2.75, 3.05) is 22.6 Å². The lowest BCUT2D eigenvalue weighted by Gasteiger charge is -2.36. The molecule has 0 bridgehead atoms. The van der Waals surface area contributed by atoms with Crippen LogP contribution in [0, 0.1) is 6.92 Å². The lowest BCUT2D eigenvalue weighted by Crippen LogP contribution is -2.59. The number of fused-ring (bicyclic) bond motifs is 2. The Kier molecular flexibility index (Phi) is 4.74. The number of nitrogens with one attached hydrogen (secondary N) is 2. The van der Waals surface area contributed by atoms with E-state index in [4.69, 9.17) is 4.74 Å². The minimum Gasteiger partial charge on any atom is -0.466 e. The van der Waals surface area contributed by atoms with Crippen LogP contribution >= 0.6 is 0 Å². The molecule has 0 unspecified atom stereocenters. The van der Waals surface area contributed by atoms with Crippen LogP contribution in [0.2, 0.25) is 0 Å². The number of hydrogen-bond acceptors (Lipinski definition) is 6. The fourth-order valence-corrected chi connectivity index (χ4v) is 4.36. The molecule has 2 heterocycles. The summed E-state index contributed by atoms with van der Waals surface area (Å²) in [6, 6.07) is 23.5. The van der Waals surface area contributed by atoms with Gasteiger partial charge in [0.2, 0.25) is 0 Å². The Labute approximate surface area is 190 Å². The van der Waals surface area contributed by atoms with Crippen molar-refractivity contribution in [2.45, 2.75) is 12.6 Å². The van der Waals surface area contributed by atoms with E-state index in [1.807, 2.05) is 61.5 Å². The Morgan fingerprint density at radius 2 is 1.52 bits per heavy atom. The van der Waals surface area contributed by atoms with Gasteiger partial charge in [0.15, 0.2) is 0 Å². The Morgan fingerprint density at radius 1 is 0.879 bits per heavy atom. The molecule has 0 saturated carbocycles. The molecule has 33 heavy (non-hydrogen) atoms. The molecule has 2 N–H and O–H groups in total. The van der Waals surface area contributed by atoms with Crippen LogP contribution in [0.5, 0.6) is 0 Å². The largest absolute Gasteiger partial charge is 0.466 e. The van der Waals surface area contributed by atoms with Gasteiger partial charge in [-0.2, -0.15) is 0 Å². The number of carbonyl (C=O) groups is 3. The predicted molar refractivity (Wildman–Crippen MR) is 125 cm³/mol. The third-order valence-electron chi connectivity index (χ3n) is 5.91. The maximum atomic E-state index is 13.6. The first-order chi connectivity index (χ1) is 16.0. The topological polar surface area (TPSA) is 87.7 Å². The number of nitrogens with zero attached hydrogens (tertiary/aromatic N) is 1. The molecule has 164 valence electrons. The molecule has 7 nitrogen and oxygen atoms in total. The monoisotopic (exact) mass is 439 g/mol. The molecule has 7 heteroatoms. The van der Waals surface area contributed by atoms with Crippen LogP contribution in [-0.2, 0) is 19.1 Å². The molecule has 2 aliphatic rings. The van der Waals surface area contributed by atoms with Gasteiger partial charge in [-0.15, -0.1) is 0 Å². The van der Waals surface area contributed by atoms with Crippen LogP contribution in [0.15, 0.2) is 84.4 Å². The van der Waals surface area contributed by atoms with E-state index in [1.54, 1.807) is 24.3 Å². The summed E-state index contributed by atoms with van der Waals surface area (Å²) >= 11 is 0. The van der Waals surface area contributed by atoms with E-state index in [1.165, 1.54) is 12.0 Å². The van der Waals surface area contributed by atoms with Gasteiger partial charge in [0.05, 0.1) is 29.8 Å². The number of carbonyl (C=O) groups excluding carboxylic acids is 3. The number of para-hydroxylation sites is 2. The van der Waals surface area contributed by atoms with Crippen molar-refractivity contribution in [2.24, 2.45) is 0 Å². The number of benzene rings is 3. The highest BCUT2D eigenvalue weighted by molar-refractivity contribution is 6.55. The van der Waals surface area contributed by atoms with Crippen molar-refractivity contribution < 1.29 is 19.1 Å². The summed E-state index contributed by atoms with van der Waals surface area (Å²) < 4.78 is 5.21. The van der Waals surface area contributed by atoms with Crippen molar-refractivity contribution in [1.82, 2.24) is 0 Å². The van der Waals surface area contributed by atoms with Gasteiger partial charge in [-0.1, -0.05) is 60.2 Å². The Hall–Kier alpha value is -4.39. The zero-order valence-electron chi connectivity index (χ0n) is 18.1. The van der Waals surface area contributed by atoms with E-state index in [9.17, 15) is 14.4 Å². The fraction of sp³-hybridized carbons (Fsp3) is 0.115. The molecule has 0 aromatic heterocycles. The molecule has 0 spiro atoms. The highest BCUT2D eigenvalue weighted by Gasteiger charge is 2.64. The van der Waals surface area contributed by atoms with Crippen LogP contribution in [0.25, 0.3) is 5.70 Å². The van der Waals surface area contributed by atoms with Crippen molar-refractivity contribution in [3.63, 3.8) is 0 Å². The molecule has 5 rings (SSSR count). The normalized spacial score (nSPS) is 19.3. The molecule has 1 saturated heterocycles. The molecule has 1 atom stereocenters. The number of aryl methyl sites for hydroxylation is 1. The van der Waals surface area contributed by atoms with Gasteiger partial charge in [-0.05, 0) is 36.8 Å². The number of ether oxygens (including phenoxy) is 1. The number of rotatable bonds is 3. The number of Topliss-reactive ketones (excluding diaryl/α,β-unsaturated/α-hetero) is 1. The molecule has 0 radical (unpaired) electrons. The predicted octanol–water partition coefficient (Wildman–Crippen LogP) is 3.73. The second-order valence-corrected chi connectivity index (χ2v) is 7.92. The summed E-state index contributed by atoms with van der Waals surface area (Å²) in [4.78, 5) is 41.8. The third kappa shape index (κ3) is 3.01. The Bertz CT molecular complexity index is 1310. The first-order valence-corrected chi connectivity index (χ1v) is 10.5. The fourth-order valence-electron chi connectivity index (χ4n) is 4.36. The van der Waals surface area contributed by atoms with E-state index in [0.29, 0.717) is 28.3 Å². The zero-order valence-corrected chi connectivity index (χ0v) is 18.1. The lowest BCUT2D eigenvalue weighted by molar-refractivity contribution is -0.145. The van der Waals surface area contributed by atoms with E-state index >= 15 is 0 Å². The summed E-state index contributed by atoms with van der Waals surface area (Å²) in [6.07, 6.45) is 0. The number of amides is 1. The molecule has 1 amide bonds. The minimum absolute atomic E-state index is 0.0117. The summed E-state index contributed by atoms with van der Waals surface area (Å²) in [5, 5.41) is 6.49.